The van der Waals surface area contributed by atoms with Crippen molar-refractivity contribution in [1.29, 1.82) is 0 Å². The number of nitrogens with one attached hydrogen (secondary N) is 1. The molecule has 0 atom stereocenters. The van der Waals surface area contributed by atoms with Gasteiger partial charge < -0.3 is 10.3 Å². The summed E-state index contributed by atoms with van der Waals surface area (Å²) in [6.07, 6.45) is 2.00. The van der Waals surface area contributed by atoms with E-state index in [1.54, 1.807) is 7.05 Å². The molecule has 1 aliphatic heterocycles. The molecule has 1 rings (SSSR count). The molecule has 1 N–H and O–H groups in total. The van der Waals surface area contributed by atoms with Crippen molar-refractivity contribution >= 4 is 5.91 Å². The molecule has 68 valence electrons. The Bertz CT molecular complexity index is 212. The highest BCUT2D eigenvalue weighted by Gasteiger charge is 2.17. The van der Waals surface area contributed by atoms with Crippen LogP contribution >= 0.6 is 0 Å². The molecular weight excluding hydrogens is 154 g/mol. The molecule has 0 unspecified atom stereocenters. The number of hydrazine groups is 1. The third-order valence-corrected chi connectivity index (χ3v) is 1.87. The van der Waals surface area contributed by atoms with E-state index in [0.717, 1.165) is 6.54 Å². The van der Waals surface area contributed by atoms with Crippen LogP contribution in [0.5, 0.6) is 0 Å². The Morgan fingerprint density at radius 1 is 1.75 bits per heavy atom. The van der Waals surface area contributed by atoms with E-state index in [2.05, 4.69) is 12.2 Å². The molecule has 1 amide bonds. The monoisotopic (exact) mass is 169 g/mol. The first kappa shape index (κ1) is 9.06. The first-order valence-corrected chi connectivity index (χ1v) is 3.99. The molecule has 1 heterocycles. The van der Waals surface area contributed by atoms with Gasteiger partial charge in [-0.15, -0.1) is 0 Å². The van der Waals surface area contributed by atoms with Crippen molar-refractivity contribution < 1.29 is 4.79 Å². The summed E-state index contributed by atoms with van der Waals surface area (Å²) in [7, 11) is 3.62. The average Bonchev–Trinajstić information content (AvgIpc) is 2.30. The highest BCUT2D eigenvalue weighted by molar-refractivity contribution is 5.77. The maximum atomic E-state index is 11.0. The summed E-state index contributed by atoms with van der Waals surface area (Å²) < 4.78 is 0. The van der Waals surface area contributed by atoms with Crippen LogP contribution in [-0.4, -0.2) is 43.1 Å². The summed E-state index contributed by atoms with van der Waals surface area (Å²) in [5, 5.41) is 6.52. The first-order valence-electron chi connectivity index (χ1n) is 3.99. The number of rotatable bonds is 2. The van der Waals surface area contributed by atoms with E-state index in [1.807, 2.05) is 23.3 Å². The average molecular weight is 169 g/mol. The molecule has 12 heavy (non-hydrogen) atoms. The van der Waals surface area contributed by atoms with Crippen LogP contribution in [0.2, 0.25) is 0 Å². The zero-order valence-electron chi connectivity index (χ0n) is 7.79. The molecule has 0 saturated heterocycles. The fourth-order valence-electron chi connectivity index (χ4n) is 1.24. The number of amides is 1. The molecule has 0 saturated carbocycles. The standard InChI is InChI=1S/C8H15N3O/c1-7-4-10(3)11(5-7)6-8(12)9-2/h5H,4,6H2,1-3H3,(H,9,12). The highest BCUT2D eigenvalue weighted by atomic mass is 16.2. The molecule has 0 radical (unpaired) electrons. The van der Waals surface area contributed by atoms with Gasteiger partial charge >= 0.3 is 0 Å². The van der Waals surface area contributed by atoms with Crippen LogP contribution < -0.4 is 5.32 Å². The summed E-state index contributed by atoms with van der Waals surface area (Å²) in [6.45, 7) is 3.38. The highest BCUT2D eigenvalue weighted by Crippen LogP contribution is 2.10. The number of nitrogens with zero attached hydrogens (tertiary/aromatic N) is 2. The Labute approximate surface area is 72.8 Å². The van der Waals surface area contributed by atoms with E-state index in [4.69, 9.17) is 0 Å². The van der Waals surface area contributed by atoms with Crippen LogP contribution in [0.3, 0.4) is 0 Å². The number of carbonyl (C=O) groups is 1. The van der Waals surface area contributed by atoms with Gasteiger partial charge in [0.25, 0.3) is 0 Å². The zero-order chi connectivity index (χ0) is 9.14. The second-order valence-electron chi connectivity index (χ2n) is 3.06. The Kier molecular flexibility index (Phi) is 2.70. The number of likely N-dealkylation sites (N-methyl/N-ethyl adjacent to an activating group) is 2. The van der Waals surface area contributed by atoms with Crippen molar-refractivity contribution in [3.8, 4) is 0 Å². The summed E-state index contributed by atoms with van der Waals surface area (Å²) in [5.74, 6) is 0.0350. The van der Waals surface area contributed by atoms with E-state index in [9.17, 15) is 4.79 Å². The lowest BCUT2D eigenvalue weighted by molar-refractivity contribution is -0.123. The molecule has 0 aromatic heterocycles. The second kappa shape index (κ2) is 3.58. The maximum absolute atomic E-state index is 11.0. The van der Waals surface area contributed by atoms with Crippen LogP contribution in [0, 0.1) is 0 Å². The summed E-state index contributed by atoms with van der Waals surface area (Å²) in [4.78, 5) is 11.0. The summed E-state index contributed by atoms with van der Waals surface area (Å²) >= 11 is 0. The van der Waals surface area contributed by atoms with E-state index >= 15 is 0 Å². The normalized spacial score (nSPS) is 17.9. The quantitative estimate of drug-likeness (QED) is 0.621. The fraction of sp³-hybridized carbons (Fsp3) is 0.625. The fourth-order valence-corrected chi connectivity index (χ4v) is 1.24. The van der Waals surface area contributed by atoms with Crippen molar-refractivity contribution in [2.45, 2.75) is 6.92 Å². The lowest BCUT2D eigenvalue weighted by Crippen LogP contribution is -2.39. The second-order valence-corrected chi connectivity index (χ2v) is 3.06. The van der Waals surface area contributed by atoms with Gasteiger partial charge in [-0.3, -0.25) is 4.79 Å². The van der Waals surface area contributed by atoms with E-state index in [-0.39, 0.29) is 5.91 Å². The van der Waals surface area contributed by atoms with Crippen LogP contribution in [0.15, 0.2) is 11.8 Å². The Balaban J connectivity index is 2.47. The molecule has 0 aromatic rings. The van der Waals surface area contributed by atoms with Crippen molar-refractivity contribution in [1.82, 2.24) is 15.3 Å². The van der Waals surface area contributed by atoms with Gasteiger partial charge in [0, 0.05) is 26.8 Å². The number of hydrogen-bond donors (Lipinski definition) is 1. The zero-order valence-corrected chi connectivity index (χ0v) is 7.79. The summed E-state index contributed by atoms with van der Waals surface area (Å²) in [6, 6.07) is 0. The minimum atomic E-state index is 0.0350. The molecule has 0 aromatic carbocycles. The minimum absolute atomic E-state index is 0.0350. The van der Waals surface area contributed by atoms with Crippen LogP contribution in [0.25, 0.3) is 0 Å². The smallest absolute Gasteiger partial charge is 0.240 e. The molecule has 0 aliphatic carbocycles. The number of carbonyl (C=O) groups excluding carboxylic acids is 1. The lowest BCUT2D eigenvalue weighted by Gasteiger charge is -2.23. The van der Waals surface area contributed by atoms with E-state index in [1.165, 1.54) is 5.57 Å². The topological polar surface area (TPSA) is 35.6 Å². The van der Waals surface area contributed by atoms with Crippen LogP contribution in [-0.2, 0) is 4.79 Å². The predicted molar refractivity (Wildman–Crippen MR) is 47.2 cm³/mol. The van der Waals surface area contributed by atoms with Gasteiger partial charge in [0.2, 0.25) is 5.91 Å². The van der Waals surface area contributed by atoms with Crippen molar-refractivity contribution in [3.63, 3.8) is 0 Å². The Morgan fingerprint density at radius 2 is 2.42 bits per heavy atom. The molecular formula is C8H15N3O. The molecule has 0 spiro atoms. The van der Waals surface area contributed by atoms with Crippen molar-refractivity contribution in [2.75, 3.05) is 27.2 Å². The Hall–Kier alpha value is -1.03. The van der Waals surface area contributed by atoms with Gasteiger partial charge in [-0.05, 0) is 12.5 Å². The van der Waals surface area contributed by atoms with Gasteiger partial charge in [-0.2, -0.15) is 0 Å². The molecule has 1 aliphatic rings. The lowest BCUT2D eigenvalue weighted by atomic mass is 10.3. The van der Waals surface area contributed by atoms with Gasteiger partial charge in [0.15, 0.2) is 0 Å². The van der Waals surface area contributed by atoms with Gasteiger partial charge in [0.1, 0.15) is 6.54 Å². The van der Waals surface area contributed by atoms with Crippen molar-refractivity contribution in [2.24, 2.45) is 0 Å². The molecule has 0 fully saturated rings. The van der Waals surface area contributed by atoms with Gasteiger partial charge in [0.05, 0.1) is 0 Å². The van der Waals surface area contributed by atoms with Gasteiger partial charge in [-0.25, -0.2) is 5.01 Å². The predicted octanol–water partition coefficient (Wildman–Crippen LogP) is -0.201. The third-order valence-electron chi connectivity index (χ3n) is 1.87. The van der Waals surface area contributed by atoms with Crippen LogP contribution in [0.1, 0.15) is 6.92 Å². The first-order chi connectivity index (χ1) is 5.63. The number of hydrogen-bond acceptors (Lipinski definition) is 3. The molecule has 4 heteroatoms. The van der Waals surface area contributed by atoms with Crippen LogP contribution in [0.4, 0.5) is 0 Å². The molecule has 4 nitrogen and oxygen atoms in total. The minimum Gasteiger partial charge on any atom is -0.358 e. The molecule has 0 bridgehead atoms. The largest absolute Gasteiger partial charge is 0.358 e. The summed E-state index contributed by atoms with van der Waals surface area (Å²) in [5.41, 5.74) is 1.28. The van der Waals surface area contributed by atoms with Crippen molar-refractivity contribution in [3.05, 3.63) is 11.8 Å². The Morgan fingerprint density at radius 3 is 2.83 bits per heavy atom. The van der Waals surface area contributed by atoms with Gasteiger partial charge in [-0.1, -0.05) is 0 Å². The SMILES string of the molecule is CNC(=O)CN1C=C(C)CN1C. The van der Waals surface area contributed by atoms with E-state index < -0.39 is 0 Å². The maximum Gasteiger partial charge on any atom is 0.240 e. The third kappa shape index (κ3) is 1.98. The van der Waals surface area contributed by atoms with E-state index in [0.29, 0.717) is 6.54 Å².